The van der Waals surface area contributed by atoms with Crippen LogP contribution in [0.2, 0.25) is 0 Å². The summed E-state index contributed by atoms with van der Waals surface area (Å²) >= 11 is 0. The molecule has 0 aliphatic heterocycles. The Balaban J connectivity index is 3.31. The fraction of sp³-hybridized carbons (Fsp3) is 0.500. The second-order valence-corrected chi connectivity index (χ2v) is 7.11. The molecular weight excluding hydrogens is 290 g/mol. The maximum atomic E-state index is 12.5. The van der Waals surface area contributed by atoms with Crippen molar-refractivity contribution in [2.45, 2.75) is 20.8 Å². The van der Waals surface area contributed by atoms with Crippen molar-refractivity contribution in [2.75, 3.05) is 31.5 Å². The van der Waals surface area contributed by atoms with Crippen LogP contribution < -0.4 is 9.62 Å². The maximum Gasteiger partial charge on any atom is 0.304 e. The summed E-state index contributed by atoms with van der Waals surface area (Å²) in [5.41, 5.74) is 2.26. The van der Waals surface area contributed by atoms with Crippen LogP contribution in [0.1, 0.15) is 18.1 Å². The van der Waals surface area contributed by atoms with Crippen LogP contribution in [-0.2, 0) is 15.0 Å². The number of anilines is 1. The number of rotatable bonds is 6. The summed E-state index contributed by atoms with van der Waals surface area (Å²) in [6, 6.07) is 5.53. The van der Waals surface area contributed by atoms with E-state index in [4.69, 9.17) is 0 Å². The maximum absolute atomic E-state index is 12.5. The zero-order valence-corrected chi connectivity index (χ0v) is 14.0. The van der Waals surface area contributed by atoms with Crippen molar-refractivity contribution < 1.29 is 13.2 Å². The van der Waals surface area contributed by atoms with E-state index < -0.39 is 10.2 Å². The van der Waals surface area contributed by atoms with Crippen molar-refractivity contribution >= 4 is 21.8 Å². The lowest BCUT2D eigenvalue weighted by Crippen LogP contribution is -2.46. The molecule has 0 heterocycles. The lowest BCUT2D eigenvalue weighted by atomic mass is 10.1. The van der Waals surface area contributed by atoms with Crippen LogP contribution in [0.25, 0.3) is 0 Å². The summed E-state index contributed by atoms with van der Waals surface area (Å²) in [7, 11) is -0.840. The van der Waals surface area contributed by atoms with Gasteiger partial charge in [-0.2, -0.15) is 12.7 Å². The van der Waals surface area contributed by atoms with Crippen molar-refractivity contribution in [3.05, 3.63) is 29.3 Å². The molecule has 0 aliphatic carbocycles. The molecule has 1 rings (SSSR count). The fourth-order valence-electron chi connectivity index (χ4n) is 1.86. The van der Waals surface area contributed by atoms with Gasteiger partial charge in [-0.05, 0) is 38.0 Å². The Morgan fingerprint density at radius 1 is 1.24 bits per heavy atom. The number of nitrogens with one attached hydrogen (secondary N) is 1. The van der Waals surface area contributed by atoms with Gasteiger partial charge in [0, 0.05) is 20.6 Å². The van der Waals surface area contributed by atoms with Gasteiger partial charge in [0.15, 0.2) is 0 Å². The lowest BCUT2D eigenvalue weighted by molar-refractivity contribution is -0.119. The Morgan fingerprint density at radius 3 is 2.38 bits per heavy atom. The second kappa shape index (κ2) is 6.91. The van der Waals surface area contributed by atoms with Gasteiger partial charge in [-0.15, -0.1) is 0 Å². The predicted molar refractivity (Wildman–Crippen MR) is 84.6 cm³/mol. The number of carbonyl (C=O) groups excluding carboxylic acids is 1. The molecule has 1 aromatic rings. The highest BCUT2D eigenvalue weighted by Crippen LogP contribution is 2.24. The minimum absolute atomic E-state index is 0.237. The summed E-state index contributed by atoms with van der Waals surface area (Å²) in [4.78, 5) is 11.9. The normalized spacial score (nSPS) is 11.5. The highest BCUT2D eigenvalue weighted by molar-refractivity contribution is 7.90. The minimum atomic E-state index is -3.74. The van der Waals surface area contributed by atoms with Gasteiger partial charge in [0.05, 0.1) is 5.69 Å². The van der Waals surface area contributed by atoms with Crippen LogP contribution in [0.15, 0.2) is 18.2 Å². The third kappa shape index (κ3) is 4.18. The van der Waals surface area contributed by atoms with Crippen LogP contribution in [0.4, 0.5) is 5.69 Å². The third-order valence-corrected chi connectivity index (χ3v) is 4.84. The number of aryl methyl sites for hydroxylation is 2. The Hall–Kier alpha value is -1.60. The average Bonchev–Trinajstić information content (AvgIpc) is 2.39. The Morgan fingerprint density at radius 2 is 1.86 bits per heavy atom. The first-order chi connectivity index (χ1) is 9.70. The van der Waals surface area contributed by atoms with E-state index in [0.717, 1.165) is 19.7 Å². The Bertz CT molecular complexity index is 612. The van der Waals surface area contributed by atoms with Crippen molar-refractivity contribution in [1.29, 1.82) is 0 Å². The van der Waals surface area contributed by atoms with Crippen LogP contribution in [0.5, 0.6) is 0 Å². The van der Waals surface area contributed by atoms with Gasteiger partial charge in [-0.3, -0.25) is 4.79 Å². The van der Waals surface area contributed by atoms with E-state index in [0.29, 0.717) is 12.2 Å². The molecule has 0 aromatic heterocycles. The SMILES string of the molecule is CCNC(=O)CN(c1cc(C)ccc1C)S(=O)(=O)N(C)C. The molecule has 6 nitrogen and oxygen atoms in total. The van der Waals surface area contributed by atoms with Gasteiger partial charge in [0.2, 0.25) is 5.91 Å². The molecule has 0 saturated heterocycles. The number of likely N-dealkylation sites (N-methyl/N-ethyl adjacent to an activating group) is 1. The molecule has 0 spiro atoms. The molecule has 0 radical (unpaired) electrons. The fourth-order valence-corrected chi connectivity index (χ4v) is 2.98. The van der Waals surface area contributed by atoms with Gasteiger partial charge in [0.25, 0.3) is 0 Å². The first kappa shape index (κ1) is 17.5. The summed E-state index contributed by atoms with van der Waals surface area (Å²) < 4.78 is 27.3. The summed E-state index contributed by atoms with van der Waals surface area (Å²) in [5.74, 6) is -0.330. The minimum Gasteiger partial charge on any atom is -0.355 e. The molecule has 1 N–H and O–H groups in total. The molecule has 1 aromatic carbocycles. The van der Waals surface area contributed by atoms with Gasteiger partial charge >= 0.3 is 10.2 Å². The van der Waals surface area contributed by atoms with Crippen LogP contribution in [-0.4, -0.2) is 45.8 Å². The van der Waals surface area contributed by atoms with E-state index in [1.165, 1.54) is 14.1 Å². The van der Waals surface area contributed by atoms with E-state index in [1.54, 1.807) is 13.0 Å². The number of carbonyl (C=O) groups is 1. The largest absolute Gasteiger partial charge is 0.355 e. The molecule has 1 amide bonds. The molecule has 0 aliphatic rings. The summed E-state index contributed by atoms with van der Waals surface area (Å²) in [5, 5.41) is 2.63. The average molecular weight is 313 g/mol. The first-order valence-electron chi connectivity index (χ1n) is 6.74. The molecule has 7 heteroatoms. The van der Waals surface area contributed by atoms with Gasteiger partial charge < -0.3 is 5.32 Å². The number of hydrogen-bond donors (Lipinski definition) is 1. The molecule has 118 valence electrons. The zero-order chi connectivity index (χ0) is 16.2. The van der Waals surface area contributed by atoms with Crippen molar-refractivity contribution in [3.8, 4) is 0 Å². The van der Waals surface area contributed by atoms with Gasteiger partial charge in [-0.25, -0.2) is 4.31 Å². The van der Waals surface area contributed by atoms with E-state index in [1.807, 2.05) is 26.0 Å². The van der Waals surface area contributed by atoms with E-state index in [-0.39, 0.29) is 12.5 Å². The molecule has 0 atom stereocenters. The van der Waals surface area contributed by atoms with Crippen LogP contribution in [0, 0.1) is 13.8 Å². The molecule has 21 heavy (non-hydrogen) atoms. The quantitative estimate of drug-likeness (QED) is 0.853. The van der Waals surface area contributed by atoms with Crippen molar-refractivity contribution in [2.24, 2.45) is 0 Å². The van der Waals surface area contributed by atoms with E-state index >= 15 is 0 Å². The topological polar surface area (TPSA) is 69.7 Å². The molecule has 0 fully saturated rings. The Kier molecular flexibility index (Phi) is 5.74. The van der Waals surface area contributed by atoms with E-state index in [2.05, 4.69) is 5.32 Å². The first-order valence-corrected chi connectivity index (χ1v) is 8.14. The van der Waals surface area contributed by atoms with Crippen molar-refractivity contribution in [3.63, 3.8) is 0 Å². The smallest absolute Gasteiger partial charge is 0.304 e. The standard InChI is InChI=1S/C14H23N3O3S/c1-6-15-14(18)10-17(21(19,20)16(4)5)13-9-11(2)7-8-12(13)3/h7-9H,6,10H2,1-5H3,(H,15,18). The second-order valence-electron chi connectivity index (χ2n) is 5.04. The number of amides is 1. The lowest BCUT2D eigenvalue weighted by Gasteiger charge is -2.28. The number of benzene rings is 1. The van der Waals surface area contributed by atoms with Gasteiger partial charge in [-0.1, -0.05) is 12.1 Å². The Labute approximate surface area is 126 Å². The highest BCUT2D eigenvalue weighted by atomic mass is 32.2. The monoisotopic (exact) mass is 313 g/mol. The predicted octanol–water partition coefficient (Wildman–Crippen LogP) is 1.05. The van der Waals surface area contributed by atoms with Crippen LogP contribution >= 0.6 is 0 Å². The van der Waals surface area contributed by atoms with E-state index in [9.17, 15) is 13.2 Å². The van der Waals surface area contributed by atoms with Crippen molar-refractivity contribution in [1.82, 2.24) is 9.62 Å². The van der Waals surface area contributed by atoms with Crippen LogP contribution in [0.3, 0.4) is 0 Å². The number of nitrogens with zero attached hydrogens (tertiary/aromatic N) is 2. The van der Waals surface area contributed by atoms with Gasteiger partial charge in [0.1, 0.15) is 6.54 Å². The number of hydrogen-bond acceptors (Lipinski definition) is 3. The molecule has 0 saturated carbocycles. The molecular formula is C14H23N3O3S. The third-order valence-electron chi connectivity index (χ3n) is 3.03. The molecule has 0 bridgehead atoms. The molecule has 0 unspecified atom stereocenters. The summed E-state index contributed by atoms with van der Waals surface area (Å²) in [6.07, 6.45) is 0. The highest BCUT2D eigenvalue weighted by Gasteiger charge is 2.28. The zero-order valence-electron chi connectivity index (χ0n) is 13.2. The summed E-state index contributed by atoms with van der Waals surface area (Å²) in [6.45, 7) is 5.72.